The molecule has 1 unspecified atom stereocenters. The van der Waals surface area contributed by atoms with Crippen LogP contribution in [0.25, 0.3) is 0 Å². The third-order valence-corrected chi connectivity index (χ3v) is 3.14. The Kier molecular flexibility index (Phi) is 3.98. The SMILES string of the molecule is Cc1cc(C)n(CC(=O)N2CCOC(CN)C2)n1. The Morgan fingerprint density at radius 2 is 2.39 bits per heavy atom. The first-order chi connectivity index (χ1) is 8.60. The van der Waals surface area contributed by atoms with Gasteiger partial charge in [-0.1, -0.05) is 0 Å². The zero-order valence-electron chi connectivity index (χ0n) is 10.9. The molecule has 100 valence electrons. The minimum Gasteiger partial charge on any atom is -0.373 e. The molecule has 18 heavy (non-hydrogen) atoms. The van der Waals surface area contributed by atoms with E-state index in [0.29, 0.717) is 26.2 Å². The molecule has 6 nitrogen and oxygen atoms in total. The van der Waals surface area contributed by atoms with Gasteiger partial charge in [-0.05, 0) is 19.9 Å². The highest BCUT2D eigenvalue weighted by molar-refractivity contribution is 5.76. The van der Waals surface area contributed by atoms with Crippen molar-refractivity contribution in [3.05, 3.63) is 17.5 Å². The summed E-state index contributed by atoms with van der Waals surface area (Å²) in [6, 6.07) is 1.97. The fraction of sp³-hybridized carbons (Fsp3) is 0.667. The van der Waals surface area contributed by atoms with Crippen LogP contribution in [0.2, 0.25) is 0 Å². The Bertz CT molecular complexity index is 430. The monoisotopic (exact) mass is 252 g/mol. The molecule has 2 heterocycles. The van der Waals surface area contributed by atoms with Gasteiger partial charge >= 0.3 is 0 Å². The van der Waals surface area contributed by atoms with Gasteiger partial charge in [-0.2, -0.15) is 5.10 Å². The lowest BCUT2D eigenvalue weighted by atomic mass is 10.2. The molecule has 1 fully saturated rings. The van der Waals surface area contributed by atoms with Crippen molar-refractivity contribution in [2.75, 3.05) is 26.2 Å². The third-order valence-electron chi connectivity index (χ3n) is 3.14. The number of aryl methyl sites for hydroxylation is 2. The topological polar surface area (TPSA) is 73.4 Å². The normalized spacial score (nSPS) is 20.2. The van der Waals surface area contributed by atoms with Crippen LogP contribution in [-0.4, -0.2) is 52.9 Å². The van der Waals surface area contributed by atoms with Crippen molar-refractivity contribution in [3.63, 3.8) is 0 Å². The summed E-state index contributed by atoms with van der Waals surface area (Å²) in [7, 11) is 0. The van der Waals surface area contributed by atoms with Crippen LogP contribution in [0.4, 0.5) is 0 Å². The van der Waals surface area contributed by atoms with E-state index in [4.69, 9.17) is 10.5 Å². The summed E-state index contributed by atoms with van der Waals surface area (Å²) >= 11 is 0. The van der Waals surface area contributed by atoms with Gasteiger partial charge in [0.05, 0.1) is 18.4 Å². The highest BCUT2D eigenvalue weighted by Gasteiger charge is 2.23. The van der Waals surface area contributed by atoms with Gasteiger partial charge in [0.2, 0.25) is 5.91 Å². The minimum atomic E-state index is -0.0387. The summed E-state index contributed by atoms with van der Waals surface area (Å²) in [5, 5.41) is 4.30. The predicted molar refractivity (Wildman–Crippen MR) is 67.1 cm³/mol. The van der Waals surface area contributed by atoms with Gasteiger partial charge in [-0.3, -0.25) is 9.48 Å². The van der Waals surface area contributed by atoms with Crippen molar-refractivity contribution < 1.29 is 9.53 Å². The Balaban J connectivity index is 1.97. The van der Waals surface area contributed by atoms with E-state index in [1.165, 1.54) is 0 Å². The summed E-state index contributed by atoms with van der Waals surface area (Å²) < 4.78 is 7.18. The quantitative estimate of drug-likeness (QED) is 0.800. The second-order valence-electron chi connectivity index (χ2n) is 4.65. The van der Waals surface area contributed by atoms with Crippen LogP contribution < -0.4 is 5.73 Å². The largest absolute Gasteiger partial charge is 0.373 e. The number of nitrogens with two attached hydrogens (primary N) is 1. The van der Waals surface area contributed by atoms with E-state index in [1.54, 1.807) is 9.58 Å². The Hall–Kier alpha value is -1.40. The molecule has 1 amide bonds. The number of nitrogens with zero attached hydrogens (tertiary/aromatic N) is 3. The van der Waals surface area contributed by atoms with Gasteiger partial charge in [-0.15, -0.1) is 0 Å². The Labute approximate surface area is 107 Å². The molecule has 1 aliphatic rings. The van der Waals surface area contributed by atoms with Crippen LogP contribution in [0.1, 0.15) is 11.4 Å². The Morgan fingerprint density at radius 3 is 3.00 bits per heavy atom. The maximum atomic E-state index is 12.2. The van der Waals surface area contributed by atoms with E-state index < -0.39 is 0 Å². The first-order valence-electron chi connectivity index (χ1n) is 6.20. The van der Waals surface area contributed by atoms with Crippen molar-refractivity contribution in [3.8, 4) is 0 Å². The number of rotatable bonds is 3. The van der Waals surface area contributed by atoms with E-state index in [2.05, 4.69) is 5.10 Å². The lowest BCUT2D eigenvalue weighted by molar-refractivity contribution is -0.139. The van der Waals surface area contributed by atoms with Gasteiger partial charge < -0.3 is 15.4 Å². The molecule has 2 N–H and O–H groups in total. The minimum absolute atomic E-state index is 0.0387. The second-order valence-corrected chi connectivity index (χ2v) is 4.65. The van der Waals surface area contributed by atoms with Crippen LogP contribution in [0.3, 0.4) is 0 Å². The van der Waals surface area contributed by atoms with E-state index in [-0.39, 0.29) is 18.6 Å². The van der Waals surface area contributed by atoms with E-state index in [1.807, 2.05) is 19.9 Å². The zero-order chi connectivity index (χ0) is 13.1. The van der Waals surface area contributed by atoms with E-state index in [9.17, 15) is 4.79 Å². The van der Waals surface area contributed by atoms with Gasteiger partial charge in [0, 0.05) is 25.3 Å². The van der Waals surface area contributed by atoms with Gasteiger partial charge in [0.25, 0.3) is 0 Å². The molecule has 0 bridgehead atoms. The van der Waals surface area contributed by atoms with Crippen molar-refractivity contribution in [2.24, 2.45) is 5.73 Å². The highest BCUT2D eigenvalue weighted by atomic mass is 16.5. The molecule has 0 aliphatic carbocycles. The zero-order valence-corrected chi connectivity index (χ0v) is 10.9. The molecule has 1 aromatic heterocycles. The summed E-state index contributed by atoms with van der Waals surface area (Å²) in [5.41, 5.74) is 7.50. The smallest absolute Gasteiger partial charge is 0.244 e. The molecule has 0 spiro atoms. The van der Waals surface area contributed by atoms with Crippen molar-refractivity contribution in [1.82, 2.24) is 14.7 Å². The number of carbonyl (C=O) groups excluding carboxylic acids is 1. The average molecular weight is 252 g/mol. The maximum Gasteiger partial charge on any atom is 0.244 e. The molecule has 0 radical (unpaired) electrons. The van der Waals surface area contributed by atoms with Crippen molar-refractivity contribution in [2.45, 2.75) is 26.5 Å². The summed E-state index contributed by atoms with van der Waals surface area (Å²) in [4.78, 5) is 14.0. The molecule has 0 saturated carbocycles. The molecule has 1 atom stereocenters. The molecule has 6 heteroatoms. The van der Waals surface area contributed by atoms with E-state index >= 15 is 0 Å². The summed E-state index contributed by atoms with van der Waals surface area (Å²) in [5.74, 6) is 0.0722. The van der Waals surface area contributed by atoms with Gasteiger partial charge in [0.15, 0.2) is 0 Å². The number of aromatic nitrogens is 2. The lowest BCUT2D eigenvalue weighted by Gasteiger charge is -2.32. The summed E-state index contributed by atoms with van der Waals surface area (Å²) in [6.07, 6.45) is -0.0387. The van der Waals surface area contributed by atoms with Gasteiger partial charge in [-0.25, -0.2) is 0 Å². The summed E-state index contributed by atoms with van der Waals surface area (Å²) in [6.45, 7) is 6.39. The predicted octanol–water partition coefficient (Wildman–Crippen LogP) is -0.314. The van der Waals surface area contributed by atoms with Crippen LogP contribution in [-0.2, 0) is 16.1 Å². The lowest BCUT2D eigenvalue weighted by Crippen LogP contribution is -2.49. The van der Waals surface area contributed by atoms with E-state index in [0.717, 1.165) is 11.4 Å². The van der Waals surface area contributed by atoms with Crippen LogP contribution in [0.5, 0.6) is 0 Å². The number of morpholine rings is 1. The number of amides is 1. The molecule has 1 saturated heterocycles. The number of ether oxygens (including phenoxy) is 1. The Morgan fingerprint density at radius 1 is 1.61 bits per heavy atom. The van der Waals surface area contributed by atoms with Gasteiger partial charge in [0.1, 0.15) is 6.54 Å². The molecular weight excluding hydrogens is 232 g/mol. The van der Waals surface area contributed by atoms with Crippen LogP contribution in [0.15, 0.2) is 6.07 Å². The maximum absolute atomic E-state index is 12.2. The third kappa shape index (κ3) is 2.88. The molecule has 0 aromatic carbocycles. The number of carbonyl (C=O) groups is 1. The number of hydrogen-bond acceptors (Lipinski definition) is 4. The first kappa shape index (κ1) is 13.0. The van der Waals surface area contributed by atoms with Crippen LogP contribution in [0, 0.1) is 13.8 Å². The average Bonchev–Trinajstić information content (AvgIpc) is 2.68. The molecule has 2 rings (SSSR count). The standard InChI is InChI=1S/C12H20N4O2/c1-9-5-10(2)16(14-9)8-12(17)15-3-4-18-11(6-13)7-15/h5,11H,3-4,6-8,13H2,1-2H3. The number of hydrogen-bond donors (Lipinski definition) is 1. The van der Waals surface area contributed by atoms with Crippen molar-refractivity contribution >= 4 is 5.91 Å². The van der Waals surface area contributed by atoms with Crippen molar-refractivity contribution in [1.29, 1.82) is 0 Å². The fourth-order valence-electron chi connectivity index (χ4n) is 2.15. The molecule has 1 aliphatic heterocycles. The second kappa shape index (κ2) is 5.49. The highest BCUT2D eigenvalue weighted by Crippen LogP contribution is 2.07. The molecule has 1 aromatic rings. The molecular formula is C12H20N4O2. The fourth-order valence-corrected chi connectivity index (χ4v) is 2.15. The van der Waals surface area contributed by atoms with Crippen LogP contribution >= 0.6 is 0 Å². The first-order valence-corrected chi connectivity index (χ1v) is 6.20.